The predicted octanol–water partition coefficient (Wildman–Crippen LogP) is 1.41. The minimum atomic E-state index is -1.05. The minimum Gasteiger partial charge on any atom is -0.497 e. The van der Waals surface area contributed by atoms with Gasteiger partial charge in [-0.05, 0) is 6.07 Å². The second kappa shape index (κ2) is 5.11. The van der Waals surface area contributed by atoms with Crippen LogP contribution in [0.1, 0.15) is 16.1 Å². The molecule has 1 aromatic carbocycles. The molecule has 1 aromatic heterocycles. The van der Waals surface area contributed by atoms with Crippen LogP contribution in [0.3, 0.4) is 0 Å². The third kappa shape index (κ3) is 2.30. The van der Waals surface area contributed by atoms with E-state index in [9.17, 15) is 9.90 Å². The third-order valence-electron chi connectivity index (χ3n) is 2.79. The summed E-state index contributed by atoms with van der Waals surface area (Å²) in [4.78, 5) is 15.7. The molecule has 0 radical (unpaired) electrons. The van der Waals surface area contributed by atoms with Crippen LogP contribution in [0.5, 0.6) is 11.5 Å². The number of aromatic nitrogens is 1. The van der Waals surface area contributed by atoms with Gasteiger partial charge < -0.3 is 20.3 Å². The standard InChI is InChI=1S/C13H14N2O4/c1-18-8-4-10-12(11(5-8)19-2)9(13(16)17)3-7(6-14)15-10/h3-5H,6,14H2,1-2H3,(H,16,17). The van der Waals surface area contributed by atoms with Crippen molar-refractivity contribution in [3.8, 4) is 11.5 Å². The Morgan fingerprint density at radius 1 is 1.32 bits per heavy atom. The molecule has 6 heteroatoms. The molecule has 0 aliphatic heterocycles. The zero-order chi connectivity index (χ0) is 14.0. The number of hydrogen-bond donors (Lipinski definition) is 2. The van der Waals surface area contributed by atoms with E-state index in [2.05, 4.69) is 4.98 Å². The van der Waals surface area contributed by atoms with E-state index in [0.29, 0.717) is 28.1 Å². The third-order valence-corrected chi connectivity index (χ3v) is 2.79. The van der Waals surface area contributed by atoms with Gasteiger partial charge in [-0.15, -0.1) is 0 Å². The molecule has 0 unspecified atom stereocenters. The van der Waals surface area contributed by atoms with E-state index in [1.807, 2.05) is 0 Å². The lowest BCUT2D eigenvalue weighted by Crippen LogP contribution is -2.06. The van der Waals surface area contributed by atoms with Gasteiger partial charge in [-0.1, -0.05) is 0 Å². The molecule has 6 nitrogen and oxygen atoms in total. The Morgan fingerprint density at radius 2 is 2.05 bits per heavy atom. The van der Waals surface area contributed by atoms with Gasteiger partial charge in [-0.25, -0.2) is 4.79 Å². The van der Waals surface area contributed by atoms with Crippen molar-refractivity contribution in [2.24, 2.45) is 5.73 Å². The van der Waals surface area contributed by atoms with Crippen molar-refractivity contribution in [1.29, 1.82) is 0 Å². The lowest BCUT2D eigenvalue weighted by molar-refractivity contribution is 0.0698. The topological polar surface area (TPSA) is 94.7 Å². The van der Waals surface area contributed by atoms with Gasteiger partial charge in [0, 0.05) is 18.7 Å². The molecular weight excluding hydrogens is 248 g/mol. The molecule has 1 heterocycles. The molecule has 0 saturated heterocycles. The largest absolute Gasteiger partial charge is 0.497 e. The van der Waals surface area contributed by atoms with Crippen LogP contribution in [-0.2, 0) is 6.54 Å². The van der Waals surface area contributed by atoms with Gasteiger partial charge in [-0.2, -0.15) is 0 Å². The number of nitrogens with two attached hydrogens (primary N) is 1. The maximum absolute atomic E-state index is 11.4. The average Bonchev–Trinajstić information content (AvgIpc) is 2.44. The highest BCUT2D eigenvalue weighted by Crippen LogP contribution is 2.33. The molecular formula is C13H14N2O4. The van der Waals surface area contributed by atoms with Gasteiger partial charge in [-0.3, -0.25) is 4.98 Å². The Bertz CT molecular complexity index is 635. The maximum Gasteiger partial charge on any atom is 0.336 e. The normalized spacial score (nSPS) is 10.5. The summed E-state index contributed by atoms with van der Waals surface area (Å²) in [5, 5.41) is 9.73. The number of hydrogen-bond acceptors (Lipinski definition) is 5. The number of pyridine rings is 1. The van der Waals surface area contributed by atoms with Crippen LogP contribution in [0.4, 0.5) is 0 Å². The first-order chi connectivity index (χ1) is 9.10. The van der Waals surface area contributed by atoms with Crippen molar-refractivity contribution in [2.75, 3.05) is 14.2 Å². The van der Waals surface area contributed by atoms with Gasteiger partial charge >= 0.3 is 5.97 Å². The number of carboxylic acids is 1. The van der Waals surface area contributed by atoms with E-state index in [4.69, 9.17) is 15.2 Å². The fraction of sp³-hybridized carbons (Fsp3) is 0.231. The predicted molar refractivity (Wildman–Crippen MR) is 69.7 cm³/mol. The molecule has 100 valence electrons. The van der Waals surface area contributed by atoms with Crippen molar-refractivity contribution < 1.29 is 19.4 Å². The smallest absolute Gasteiger partial charge is 0.336 e. The number of methoxy groups -OCH3 is 2. The Morgan fingerprint density at radius 3 is 2.58 bits per heavy atom. The van der Waals surface area contributed by atoms with Crippen molar-refractivity contribution in [2.45, 2.75) is 6.54 Å². The minimum absolute atomic E-state index is 0.116. The lowest BCUT2D eigenvalue weighted by atomic mass is 10.1. The Balaban J connectivity index is 2.87. The van der Waals surface area contributed by atoms with E-state index in [1.54, 1.807) is 12.1 Å². The molecule has 0 amide bonds. The van der Waals surface area contributed by atoms with E-state index in [1.165, 1.54) is 20.3 Å². The van der Waals surface area contributed by atoms with Gasteiger partial charge in [0.1, 0.15) is 11.5 Å². The molecule has 19 heavy (non-hydrogen) atoms. The second-order valence-corrected chi connectivity index (χ2v) is 3.89. The summed E-state index contributed by atoms with van der Waals surface area (Å²) < 4.78 is 10.4. The van der Waals surface area contributed by atoms with Crippen molar-refractivity contribution in [3.05, 3.63) is 29.5 Å². The first-order valence-corrected chi connectivity index (χ1v) is 5.59. The maximum atomic E-state index is 11.4. The quantitative estimate of drug-likeness (QED) is 0.865. The van der Waals surface area contributed by atoms with Gasteiger partial charge in [0.25, 0.3) is 0 Å². The highest BCUT2D eigenvalue weighted by molar-refractivity contribution is 6.05. The summed E-state index contributed by atoms with van der Waals surface area (Å²) in [6.45, 7) is 0.162. The molecule has 0 atom stereocenters. The van der Waals surface area contributed by atoms with Crippen LogP contribution in [0.2, 0.25) is 0 Å². The van der Waals surface area contributed by atoms with Gasteiger partial charge in [0.15, 0.2) is 0 Å². The SMILES string of the molecule is COc1cc(OC)c2c(C(=O)O)cc(CN)nc2c1. The molecule has 3 N–H and O–H groups in total. The molecule has 0 saturated carbocycles. The van der Waals surface area contributed by atoms with Crippen molar-refractivity contribution in [3.63, 3.8) is 0 Å². The number of nitrogens with zero attached hydrogens (tertiary/aromatic N) is 1. The number of fused-ring (bicyclic) bond motifs is 1. The van der Waals surface area contributed by atoms with Crippen LogP contribution < -0.4 is 15.2 Å². The molecule has 0 fully saturated rings. The number of aromatic carboxylic acids is 1. The summed E-state index contributed by atoms with van der Waals surface area (Å²) >= 11 is 0. The van der Waals surface area contributed by atoms with Crippen LogP contribution in [0.25, 0.3) is 10.9 Å². The Hall–Kier alpha value is -2.34. The average molecular weight is 262 g/mol. The summed E-state index contributed by atoms with van der Waals surface area (Å²) in [7, 11) is 2.99. The summed E-state index contributed by atoms with van der Waals surface area (Å²) in [5.41, 5.74) is 6.63. The Labute approximate surface area is 109 Å². The number of carboxylic acid groups (broad SMARTS) is 1. The monoisotopic (exact) mass is 262 g/mol. The molecule has 2 aromatic rings. The van der Waals surface area contributed by atoms with E-state index in [-0.39, 0.29) is 12.1 Å². The van der Waals surface area contributed by atoms with Gasteiger partial charge in [0.2, 0.25) is 0 Å². The fourth-order valence-electron chi connectivity index (χ4n) is 1.91. The number of rotatable bonds is 4. The molecule has 2 rings (SSSR count). The summed E-state index contributed by atoms with van der Waals surface area (Å²) in [6.07, 6.45) is 0. The molecule has 0 aliphatic carbocycles. The number of ether oxygens (including phenoxy) is 2. The lowest BCUT2D eigenvalue weighted by Gasteiger charge is -2.11. The van der Waals surface area contributed by atoms with Crippen LogP contribution in [0, 0.1) is 0 Å². The second-order valence-electron chi connectivity index (χ2n) is 3.89. The van der Waals surface area contributed by atoms with E-state index < -0.39 is 5.97 Å². The number of carbonyl (C=O) groups is 1. The molecule has 0 spiro atoms. The zero-order valence-electron chi connectivity index (χ0n) is 10.6. The van der Waals surface area contributed by atoms with Crippen LogP contribution in [-0.4, -0.2) is 30.3 Å². The first kappa shape index (κ1) is 13.1. The Kier molecular flexibility index (Phi) is 3.52. The summed E-state index contributed by atoms with van der Waals surface area (Å²) in [6, 6.07) is 4.74. The highest BCUT2D eigenvalue weighted by atomic mass is 16.5. The fourth-order valence-corrected chi connectivity index (χ4v) is 1.91. The zero-order valence-corrected chi connectivity index (χ0v) is 10.6. The number of benzene rings is 1. The van der Waals surface area contributed by atoms with Crippen molar-refractivity contribution >= 4 is 16.9 Å². The van der Waals surface area contributed by atoms with E-state index >= 15 is 0 Å². The van der Waals surface area contributed by atoms with Crippen molar-refractivity contribution in [1.82, 2.24) is 4.98 Å². The molecule has 0 bridgehead atoms. The van der Waals surface area contributed by atoms with Gasteiger partial charge in [0.05, 0.1) is 36.4 Å². The highest BCUT2D eigenvalue weighted by Gasteiger charge is 2.17. The first-order valence-electron chi connectivity index (χ1n) is 5.59. The van der Waals surface area contributed by atoms with Crippen LogP contribution in [0.15, 0.2) is 18.2 Å². The molecule has 0 aliphatic rings. The summed E-state index contributed by atoms with van der Waals surface area (Å²) in [5.74, 6) is -0.101. The van der Waals surface area contributed by atoms with Crippen LogP contribution >= 0.6 is 0 Å². The van der Waals surface area contributed by atoms with E-state index in [0.717, 1.165) is 0 Å².